The zero-order chi connectivity index (χ0) is 15.2. The first-order valence-corrected chi connectivity index (χ1v) is 5.97. The van der Waals surface area contributed by atoms with E-state index >= 15 is 0 Å². The molecule has 5 nitrogen and oxygen atoms in total. The largest absolute Gasteiger partial charge is 0.318 e. The van der Waals surface area contributed by atoms with E-state index in [2.05, 4.69) is 10.6 Å². The van der Waals surface area contributed by atoms with E-state index in [-0.39, 0.29) is 16.9 Å². The minimum atomic E-state index is -0.951. The van der Waals surface area contributed by atoms with Crippen LogP contribution in [0.4, 0.5) is 15.8 Å². The topological polar surface area (TPSA) is 82.0 Å². The van der Waals surface area contributed by atoms with Crippen LogP contribution in [0.25, 0.3) is 0 Å². The highest BCUT2D eigenvalue weighted by Crippen LogP contribution is 2.14. The third-order valence-electron chi connectivity index (χ3n) is 2.58. The molecule has 0 saturated heterocycles. The summed E-state index contributed by atoms with van der Waals surface area (Å²) in [5, 5.41) is 13.5. The Morgan fingerprint density at radius 1 is 1.00 bits per heavy atom. The van der Waals surface area contributed by atoms with Gasteiger partial charge in [-0.2, -0.15) is 5.26 Å². The molecule has 2 aromatic rings. The molecule has 0 bridgehead atoms. The van der Waals surface area contributed by atoms with E-state index in [9.17, 15) is 14.0 Å². The Morgan fingerprint density at radius 3 is 2.43 bits per heavy atom. The van der Waals surface area contributed by atoms with E-state index < -0.39 is 17.6 Å². The van der Waals surface area contributed by atoms with Crippen molar-refractivity contribution in [1.29, 1.82) is 5.26 Å². The number of halogens is 1. The van der Waals surface area contributed by atoms with Gasteiger partial charge in [-0.15, -0.1) is 0 Å². The van der Waals surface area contributed by atoms with Crippen molar-refractivity contribution >= 4 is 23.2 Å². The Hall–Kier alpha value is -3.20. The van der Waals surface area contributed by atoms with Gasteiger partial charge in [0.25, 0.3) is 0 Å². The molecule has 0 aliphatic rings. The third-order valence-corrected chi connectivity index (χ3v) is 2.58. The number of amides is 2. The van der Waals surface area contributed by atoms with E-state index in [1.807, 2.05) is 6.07 Å². The van der Waals surface area contributed by atoms with Gasteiger partial charge in [0.1, 0.15) is 11.9 Å². The normalized spacial score (nSPS) is 9.52. The van der Waals surface area contributed by atoms with Crippen LogP contribution in [-0.4, -0.2) is 11.8 Å². The number of nitriles is 1. The highest BCUT2D eigenvalue weighted by Gasteiger charge is 2.15. The fourth-order valence-corrected chi connectivity index (χ4v) is 1.62. The molecule has 6 heteroatoms. The van der Waals surface area contributed by atoms with Gasteiger partial charge in [0.2, 0.25) is 0 Å². The minimum absolute atomic E-state index is 0.170. The van der Waals surface area contributed by atoms with Crippen molar-refractivity contribution in [3.63, 3.8) is 0 Å². The second-order valence-corrected chi connectivity index (χ2v) is 4.08. The summed E-state index contributed by atoms with van der Waals surface area (Å²) < 4.78 is 13.0. The molecule has 2 aromatic carbocycles. The summed E-state index contributed by atoms with van der Waals surface area (Å²) >= 11 is 0. The smallest absolute Gasteiger partial charge is 0.314 e. The van der Waals surface area contributed by atoms with Crippen molar-refractivity contribution in [3.05, 3.63) is 59.9 Å². The predicted molar refractivity (Wildman–Crippen MR) is 74.8 cm³/mol. The molecule has 0 aromatic heterocycles. The number of nitrogens with zero attached hydrogens (tertiary/aromatic N) is 1. The maximum Gasteiger partial charge on any atom is 0.314 e. The zero-order valence-corrected chi connectivity index (χ0v) is 10.8. The summed E-state index contributed by atoms with van der Waals surface area (Å²) in [6, 6.07) is 13.4. The molecule has 2 amide bonds. The number of nitrogens with one attached hydrogen (secondary N) is 2. The lowest BCUT2D eigenvalue weighted by atomic mass is 10.2. The molecule has 21 heavy (non-hydrogen) atoms. The minimum Gasteiger partial charge on any atom is -0.318 e. The monoisotopic (exact) mass is 283 g/mol. The average molecular weight is 283 g/mol. The first-order chi connectivity index (χ1) is 10.1. The molecular formula is C15H10FN3O2. The summed E-state index contributed by atoms with van der Waals surface area (Å²) in [7, 11) is 0. The van der Waals surface area contributed by atoms with Gasteiger partial charge < -0.3 is 10.6 Å². The van der Waals surface area contributed by atoms with Gasteiger partial charge >= 0.3 is 11.8 Å². The van der Waals surface area contributed by atoms with Crippen LogP contribution in [0.1, 0.15) is 5.56 Å². The summed E-state index contributed by atoms with van der Waals surface area (Å²) in [6.07, 6.45) is 0. The fraction of sp³-hybridized carbons (Fsp3) is 0. The summed E-state index contributed by atoms with van der Waals surface area (Å²) in [5.41, 5.74) is 0.646. The first-order valence-electron chi connectivity index (χ1n) is 5.97. The van der Waals surface area contributed by atoms with E-state index in [0.717, 1.165) is 6.07 Å². The van der Waals surface area contributed by atoms with Crippen LogP contribution >= 0.6 is 0 Å². The standard InChI is InChI=1S/C15H10FN3O2/c16-11-5-3-6-12(8-11)18-14(20)15(21)19-13-7-2-1-4-10(13)9-17/h1-8H,(H,18,20)(H,19,21). The van der Waals surface area contributed by atoms with Crippen LogP contribution < -0.4 is 10.6 Å². The van der Waals surface area contributed by atoms with Gasteiger partial charge in [-0.3, -0.25) is 9.59 Å². The molecule has 0 heterocycles. The molecule has 104 valence electrons. The van der Waals surface area contributed by atoms with E-state index in [1.165, 1.54) is 30.3 Å². The number of anilines is 2. The molecule has 0 fully saturated rings. The third kappa shape index (κ3) is 3.64. The predicted octanol–water partition coefficient (Wildman–Crippen LogP) is 2.27. The number of benzene rings is 2. The molecule has 2 rings (SSSR count). The average Bonchev–Trinajstić information content (AvgIpc) is 2.47. The number of carbonyl (C=O) groups excluding carboxylic acids is 2. The Bertz CT molecular complexity index is 738. The molecule has 0 saturated carbocycles. The summed E-state index contributed by atoms with van der Waals surface area (Å²) in [5.74, 6) is -2.42. The van der Waals surface area contributed by atoms with E-state index in [4.69, 9.17) is 5.26 Å². The Labute approximate surface area is 120 Å². The second kappa shape index (κ2) is 6.30. The van der Waals surface area contributed by atoms with E-state index in [0.29, 0.717) is 0 Å². The Balaban J connectivity index is 2.07. The lowest BCUT2D eigenvalue weighted by Gasteiger charge is -2.07. The van der Waals surface area contributed by atoms with Crippen molar-refractivity contribution in [2.75, 3.05) is 10.6 Å². The van der Waals surface area contributed by atoms with Crippen LogP contribution in [-0.2, 0) is 9.59 Å². The zero-order valence-electron chi connectivity index (χ0n) is 10.8. The molecule has 0 radical (unpaired) electrons. The molecular weight excluding hydrogens is 273 g/mol. The lowest BCUT2D eigenvalue weighted by molar-refractivity contribution is -0.133. The van der Waals surface area contributed by atoms with Crippen molar-refractivity contribution in [2.24, 2.45) is 0 Å². The van der Waals surface area contributed by atoms with Gasteiger partial charge in [0.05, 0.1) is 11.3 Å². The van der Waals surface area contributed by atoms with Gasteiger partial charge in [-0.05, 0) is 30.3 Å². The number of para-hydroxylation sites is 1. The Morgan fingerprint density at radius 2 is 1.71 bits per heavy atom. The highest BCUT2D eigenvalue weighted by atomic mass is 19.1. The van der Waals surface area contributed by atoms with Gasteiger partial charge in [-0.1, -0.05) is 18.2 Å². The SMILES string of the molecule is N#Cc1ccccc1NC(=O)C(=O)Nc1cccc(F)c1. The van der Waals surface area contributed by atoms with Crippen molar-refractivity contribution < 1.29 is 14.0 Å². The summed E-state index contributed by atoms with van der Waals surface area (Å²) in [6.45, 7) is 0. The molecule has 0 unspecified atom stereocenters. The quantitative estimate of drug-likeness (QED) is 0.829. The number of carbonyl (C=O) groups is 2. The first kappa shape index (κ1) is 14.2. The summed E-state index contributed by atoms with van der Waals surface area (Å²) in [4.78, 5) is 23.4. The van der Waals surface area contributed by atoms with E-state index in [1.54, 1.807) is 12.1 Å². The van der Waals surface area contributed by atoms with Crippen molar-refractivity contribution in [3.8, 4) is 6.07 Å². The molecule has 0 aliphatic carbocycles. The lowest BCUT2D eigenvalue weighted by Crippen LogP contribution is -2.29. The van der Waals surface area contributed by atoms with Crippen LogP contribution in [0.2, 0.25) is 0 Å². The van der Waals surface area contributed by atoms with Crippen LogP contribution in [0, 0.1) is 17.1 Å². The van der Waals surface area contributed by atoms with Crippen LogP contribution in [0.3, 0.4) is 0 Å². The van der Waals surface area contributed by atoms with Crippen molar-refractivity contribution in [1.82, 2.24) is 0 Å². The van der Waals surface area contributed by atoms with Gasteiger partial charge in [-0.25, -0.2) is 4.39 Å². The van der Waals surface area contributed by atoms with Gasteiger partial charge in [0, 0.05) is 5.69 Å². The molecule has 2 N–H and O–H groups in total. The maximum atomic E-state index is 13.0. The van der Waals surface area contributed by atoms with Crippen LogP contribution in [0.5, 0.6) is 0 Å². The molecule has 0 spiro atoms. The van der Waals surface area contributed by atoms with Crippen LogP contribution in [0.15, 0.2) is 48.5 Å². The number of rotatable bonds is 2. The number of hydrogen-bond donors (Lipinski definition) is 2. The fourth-order valence-electron chi connectivity index (χ4n) is 1.62. The highest BCUT2D eigenvalue weighted by molar-refractivity contribution is 6.43. The molecule has 0 aliphatic heterocycles. The number of hydrogen-bond acceptors (Lipinski definition) is 3. The second-order valence-electron chi connectivity index (χ2n) is 4.08. The Kier molecular flexibility index (Phi) is 4.26. The maximum absolute atomic E-state index is 13.0. The molecule has 0 atom stereocenters. The van der Waals surface area contributed by atoms with Crippen molar-refractivity contribution in [2.45, 2.75) is 0 Å². The van der Waals surface area contributed by atoms with Gasteiger partial charge in [0.15, 0.2) is 0 Å².